The zero-order valence-corrected chi connectivity index (χ0v) is 5.68. The van der Waals surface area contributed by atoms with Crippen LogP contribution >= 0.6 is 0 Å². The lowest BCUT2D eigenvalue weighted by molar-refractivity contribution is -0.123. The Morgan fingerprint density at radius 3 is 2.78 bits per heavy atom. The summed E-state index contributed by atoms with van der Waals surface area (Å²) in [4.78, 5) is 10.3. The van der Waals surface area contributed by atoms with Crippen molar-refractivity contribution in [1.29, 1.82) is 0 Å². The van der Waals surface area contributed by atoms with Crippen LogP contribution in [0.15, 0.2) is 0 Å². The molecule has 0 radical (unpaired) electrons. The smallest absolute Gasteiger partial charge is 0.245 e. The van der Waals surface area contributed by atoms with Gasteiger partial charge in [0, 0.05) is 6.54 Å². The minimum Gasteiger partial charge on any atom is -0.387 e. The Morgan fingerprint density at radius 1 is 1.67 bits per heavy atom. The van der Waals surface area contributed by atoms with Crippen molar-refractivity contribution in [3.05, 3.63) is 0 Å². The van der Waals surface area contributed by atoms with Gasteiger partial charge in [-0.3, -0.25) is 4.79 Å². The summed E-state index contributed by atoms with van der Waals surface area (Å²) in [6.45, 7) is 2.32. The Hall–Kier alpha value is -0.570. The number of hydrogen-bond donors (Lipinski definition) is 2. The highest BCUT2D eigenvalue weighted by Gasteiger charge is 1.93. The number of amides is 1. The summed E-state index contributed by atoms with van der Waals surface area (Å²) in [5.74, 6) is -0.288. The molecule has 0 aromatic rings. The van der Waals surface area contributed by atoms with Crippen LogP contribution in [0.25, 0.3) is 0 Å². The van der Waals surface area contributed by atoms with Gasteiger partial charge in [-0.1, -0.05) is 13.3 Å². The monoisotopic (exact) mass is 131 g/mol. The van der Waals surface area contributed by atoms with Crippen LogP contribution < -0.4 is 5.32 Å². The Morgan fingerprint density at radius 2 is 2.33 bits per heavy atom. The van der Waals surface area contributed by atoms with Crippen LogP contribution in [0.1, 0.15) is 19.8 Å². The zero-order chi connectivity index (χ0) is 7.11. The maximum Gasteiger partial charge on any atom is 0.245 e. The fraction of sp³-hybridized carbons (Fsp3) is 0.833. The summed E-state index contributed by atoms with van der Waals surface area (Å²) in [5, 5.41) is 10.8. The van der Waals surface area contributed by atoms with Crippen molar-refractivity contribution in [2.45, 2.75) is 19.8 Å². The first-order valence-corrected chi connectivity index (χ1v) is 3.18. The lowest BCUT2D eigenvalue weighted by Crippen LogP contribution is -2.26. The normalized spacial score (nSPS) is 9.11. The average Bonchev–Trinajstić information content (AvgIpc) is 1.89. The highest BCUT2D eigenvalue weighted by molar-refractivity contribution is 5.76. The van der Waals surface area contributed by atoms with Crippen LogP contribution in [0, 0.1) is 0 Å². The molecule has 0 bridgehead atoms. The molecule has 0 atom stereocenters. The van der Waals surface area contributed by atoms with Gasteiger partial charge in [0.2, 0.25) is 5.91 Å². The molecule has 0 saturated carbocycles. The number of carbonyl (C=O) groups is 1. The molecule has 0 aliphatic rings. The number of aliphatic hydroxyl groups excluding tert-OH is 1. The number of rotatable bonds is 4. The molecule has 0 fully saturated rings. The zero-order valence-electron chi connectivity index (χ0n) is 5.68. The summed E-state index contributed by atoms with van der Waals surface area (Å²) in [5.41, 5.74) is 0. The van der Waals surface area contributed by atoms with E-state index in [4.69, 9.17) is 5.11 Å². The second kappa shape index (κ2) is 5.56. The lowest BCUT2D eigenvalue weighted by atomic mass is 10.3. The van der Waals surface area contributed by atoms with Crippen LogP contribution in [0.5, 0.6) is 0 Å². The first kappa shape index (κ1) is 8.43. The fourth-order valence-corrected chi connectivity index (χ4v) is 0.460. The van der Waals surface area contributed by atoms with Crippen molar-refractivity contribution in [3.63, 3.8) is 0 Å². The first-order chi connectivity index (χ1) is 4.31. The Labute approximate surface area is 55.1 Å². The van der Waals surface area contributed by atoms with Gasteiger partial charge in [0.25, 0.3) is 0 Å². The minimum absolute atomic E-state index is 0.288. The Bertz CT molecular complexity index is 83.1. The van der Waals surface area contributed by atoms with Gasteiger partial charge in [-0.05, 0) is 6.42 Å². The van der Waals surface area contributed by atoms with Gasteiger partial charge >= 0.3 is 0 Å². The van der Waals surface area contributed by atoms with E-state index in [1.54, 1.807) is 0 Å². The quantitative estimate of drug-likeness (QED) is 0.523. The summed E-state index contributed by atoms with van der Waals surface area (Å²) < 4.78 is 0. The second-order valence-corrected chi connectivity index (χ2v) is 1.86. The third-order valence-electron chi connectivity index (χ3n) is 0.996. The van der Waals surface area contributed by atoms with E-state index in [1.807, 2.05) is 6.92 Å². The predicted molar refractivity (Wildman–Crippen MR) is 35.0 cm³/mol. The molecular weight excluding hydrogens is 118 g/mol. The molecular formula is C6H13NO2. The third-order valence-corrected chi connectivity index (χ3v) is 0.996. The number of unbranched alkanes of at least 4 members (excludes halogenated alkanes) is 1. The number of carbonyl (C=O) groups excluding carboxylic acids is 1. The molecule has 2 N–H and O–H groups in total. The van der Waals surface area contributed by atoms with Gasteiger partial charge in [-0.2, -0.15) is 0 Å². The van der Waals surface area contributed by atoms with Gasteiger partial charge in [0.15, 0.2) is 0 Å². The maximum atomic E-state index is 10.3. The molecule has 54 valence electrons. The number of aliphatic hydroxyl groups is 1. The van der Waals surface area contributed by atoms with Crippen molar-refractivity contribution >= 4 is 5.91 Å². The molecule has 1 amide bonds. The fourth-order valence-electron chi connectivity index (χ4n) is 0.460. The Balaban J connectivity index is 2.97. The van der Waals surface area contributed by atoms with E-state index >= 15 is 0 Å². The molecule has 0 heterocycles. The van der Waals surface area contributed by atoms with E-state index in [-0.39, 0.29) is 5.91 Å². The molecule has 3 heteroatoms. The van der Waals surface area contributed by atoms with Gasteiger partial charge in [0.05, 0.1) is 0 Å². The molecule has 0 aliphatic carbocycles. The molecule has 0 aliphatic heterocycles. The van der Waals surface area contributed by atoms with Gasteiger partial charge in [0.1, 0.15) is 6.61 Å². The van der Waals surface area contributed by atoms with E-state index in [0.29, 0.717) is 6.54 Å². The van der Waals surface area contributed by atoms with Crippen molar-refractivity contribution in [1.82, 2.24) is 5.32 Å². The topological polar surface area (TPSA) is 49.3 Å². The van der Waals surface area contributed by atoms with Crippen LogP contribution in [0.4, 0.5) is 0 Å². The minimum atomic E-state index is -0.399. The molecule has 0 aromatic carbocycles. The van der Waals surface area contributed by atoms with Crippen molar-refractivity contribution < 1.29 is 9.90 Å². The van der Waals surface area contributed by atoms with E-state index in [9.17, 15) is 4.79 Å². The van der Waals surface area contributed by atoms with E-state index < -0.39 is 6.61 Å². The standard InChI is InChI=1S/C6H13NO2/c1-2-3-4-7-6(9)5-8/h8H,2-5H2,1H3,(H,7,9). The number of nitrogens with one attached hydrogen (secondary N) is 1. The largest absolute Gasteiger partial charge is 0.387 e. The van der Waals surface area contributed by atoms with Crippen molar-refractivity contribution in [2.24, 2.45) is 0 Å². The second-order valence-electron chi connectivity index (χ2n) is 1.86. The summed E-state index contributed by atoms with van der Waals surface area (Å²) in [6, 6.07) is 0. The maximum absolute atomic E-state index is 10.3. The van der Waals surface area contributed by atoms with Crippen LogP contribution in [-0.4, -0.2) is 24.2 Å². The highest BCUT2D eigenvalue weighted by Crippen LogP contribution is 1.81. The highest BCUT2D eigenvalue weighted by atomic mass is 16.3. The SMILES string of the molecule is CCCCNC(=O)CO. The summed E-state index contributed by atoms with van der Waals surface area (Å²) in [7, 11) is 0. The molecule has 0 aromatic heterocycles. The van der Waals surface area contributed by atoms with E-state index in [2.05, 4.69) is 5.32 Å². The van der Waals surface area contributed by atoms with Crippen molar-refractivity contribution in [2.75, 3.05) is 13.2 Å². The van der Waals surface area contributed by atoms with E-state index in [1.165, 1.54) is 0 Å². The van der Waals surface area contributed by atoms with Crippen LogP contribution in [0.2, 0.25) is 0 Å². The molecule has 0 unspecified atom stereocenters. The molecule has 0 rings (SSSR count). The molecule has 3 nitrogen and oxygen atoms in total. The third kappa shape index (κ3) is 5.30. The van der Waals surface area contributed by atoms with Crippen LogP contribution in [0.3, 0.4) is 0 Å². The van der Waals surface area contributed by atoms with Crippen LogP contribution in [-0.2, 0) is 4.79 Å². The lowest BCUT2D eigenvalue weighted by Gasteiger charge is -1.98. The van der Waals surface area contributed by atoms with Gasteiger partial charge < -0.3 is 10.4 Å². The molecule has 0 spiro atoms. The van der Waals surface area contributed by atoms with Gasteiger partial charge in [-0.15, -0.1) is 0 Å². The van der Waals surface area contributed by atoms with E-state index in [0.717, 1.165) is 12.8 Å². The molecule has 9 heavy (non-hydrogen) atoms. The summed E-state index contributed by atoms with van der Waals surface area (Å²) >= 11 is 0. The number of hydrogen-bond acceptors (Lipinski definition) is 2. The first-order valence-electron chi connectivity index (χ1n) is 3.18. The average molecular weight is 131 g/mol. The van der Waals surface area contributed by atoms with Crippen molar-refractivity contribution in [3.8, 4) is 0 Å². The molecule has 0 saturated heterocycles. The predicted octanol–water partition coefficient (Wildman–Crippen LogP) is -0.105. The Kier molecular flexibility index (Phi) is 5.21. The summed E-state index contributed by atoms with van der Waals surface area (Å²) in [6.07, 6.45) is 2.04. The van der Waals surface area contributed by atoms with Gasteiger partial charge in [-0.25, -0.2) is 0 Å².